The second kappa shape index (κ2) is 5.18. The van der Waals surface area contributed by atoms with Gasteiger partial charge in [-0.2, -0.15) is 0 Å². The molecule has 0 fully saturated rings. The maximum atomic E-state index is 3.51. The second-order valence-electron chi connectivity index (χ2n) is 6.39. The lowest BCUT2D eigenvalue weighted by Crippen LogP contribution is -2.26. The Morgan fingerprint density at radius 2 is 1.50 bits per heavy atom. The lowest BCUT2D eigenvalue weighted by molar-refractivity contribution is 0.938. The molecule has 0 bridgehead atoms. The Hall–Kier alpha value is -0.00623. The van der Waals surface area contributed by atoms with Gasteiger partial charge in [-0.15, -0.1) is 11.8 Å². The summed E-state index contributed by atoms with van der Waals surface area (Å²) in [5.74, 6) is 6.94. The van der Waals surface area contributed by atoms with E-state index in [1.807, 2.05) is 0 Å². The Morgan fingerprint density at radius 1 is 1.00 bits per heavy atom. The van der Waals surface area contributed by atoms with Crippen LogP contribution in [0.25, 0.3) is 0 Å². The molecule has 1 atom stereocenters. The topological polar surface area (TPSA) is 0 Å². The number of hydrogen-bond acceptors (Lipinski definition) is 0. The zero-order valence-electron chi connectivity index (χ0n) is 11.0. The van der Waals surface area contributed by atoms with Crippen LogP contribution in [0, 0.1) is 11.8 Å². The summed E-state index contributed by atoms with van der Waals surface area (Å²) in [6.07, 6.45) is 1.23. The van der Waals surface area contributed by atoms with Crippen LogP contribution in [0.3, 0.4) is 0 Å². The van der Waals surface area contributed by atoms with E-state index in [1.54, 1.807) is 0 Å². The zero-order chi connectivity index (χ0) is 11.4. The Kier molecular flexibility index (Phi) is 5.18. The molecule has 0 saturated carbocycles. The first-order chi connectivity index (χ1) is 6.17. The predicted octanol–water partition coefficient (Wildman–Crippen LogP) is 4.45. The first-order valence-electron chi connectivity index (χ1n) is 5.65. The highest BCUT2D eigenvalue weighted by molar-refractivity contribution is 6.78. The minimum absolute atomic E-state index is 0.693. The summed E-state index contributed by atoms with van der Waals surface area (Å²) in [5.41, 5.74) is 0.693. The molecule has 2 heteroatoms. The van der Waals surface area contributed by atoms with Crippen LogP contribution in [-0.2, 0) is 0 Å². The summed E-state index contributed by atoms with van der Waals surface area (Å²) in [7, 11) is -2.00. The van der Waals surface area contributed by atoms with Gasteiger partial charge >= 0.3 is 0 Å². The van der Waals surface area contributed by atoms with E-state index in [4.69, 9.17) is 0 Å². The normalized spacial score (nSPS) is 14.5. The molecule has 0 aromatic heterocycles. The Bertz CT molecular complexity index is 219. The van der Waals surface area contributed by atoms with Gasteiger partial charge in [0.25, 0.3) is 0 Å². The molecular formula is C12H26Si2. The van der Waals surface area contributed by atoms with E-state index >= 15 is 0 Å². The van der Waals surface area contributed by atoms with E-state index in [0.29, 0.717) is 5.54 Å². The van der Waals surface area contributed by atoms with Crippen LogP contribution in [0.1, 0.15) is 13.3 Å². The van der Waals surface area contributed by atoms with Gasteiger partial charge in [0.2, 0.25) is 0 Å². The van der Waals surface area contributed by atoms with Crippen molar-refractivity contribution in [3.05, 3.63) is 0 Å². The van der Waals surface area contributed by atoms with Gasteiger partial charge in [0.1, 0.15) is 0 Å². The minimum Gasteiger partial charge on any atom is -0.106 e. The van der Waals surface area contributed by atoms with Gasteiger partial charge < -0.3 is 0 Å². The smallest absolute Gasteiger partial charge is 0.0612 e. The van der Waals surface area contributed by atoms with Crippen molar-refractivity contribution in [1.82, 2.24) is 0 Å². The summed E-state index contributed by atoms with van der Waals surface area (Å²) in [6.45, 7) is 16.7. The summed E-state index contributed by atoms with van der Waals surface area (Å²) in [4.78, 5) is 0. The standard InChI is InChI=1S/C12H26Si2/c1-8-12(14(5,6)7)10-9-11-13(2,3)4/h12H,8,11H2,1-7H3. The van der Waals surface area contributed by atoms with Crippen LogP contribution in [0.2, 0.25) is 50.9 Å². The number of hydrogen-bond donors (Lipinski definition) is 0. The molecule has 0 aliphatic rings. The molecule has 0 radical (unpaired) electrons. The molecule has 0 amide bonds. The molecule has 0 aromatic carbocycles. The van der Waals surface area contributed by atoms with Gasteiger partial charge in [-0.05, 0) is 6.42 Å². The molecule has 1 unspecified atom stereocenters. The molecule has 0 aliphatic heterocycles. The van der Waals surface area contributed by atoms with Gasteiger partial charge in [0.05, 0.1) is 16.1 Å². The minimum atomic E-state index is -1.04. The third-order valence-electron chi connectivity index (χ3n) is 2.35. The first-order valence-corrected chi connectivity index (χ1v) is 12.9. The van der Waals surface area contributed by atoms with Crippen molar-refractivity contribution in [2.75, 3.05) is 0 Å². The molecule has 82 valence electrons. The molecular weight excluding hydrogens is 200 g/mol. The van der Waals surface area contributed by atoms with E-state index in [2.05, 4.69) is 58.0 Å². The molecule has 0 aliphatic carbocycles. The highest BCUT2D eigenvalue weighted by Crippen LogP contribution is 2.24. The van der Waals surface area contributed by atoms with Crippen LogP contribution in [-0.4, -0.2) is 16.1 Å². The SMILES string of the molecule is CCC(C#CC[Si](C)(C)C)[Si](C)(C)C. The van der Waals surface area contributed by atoms with Crippen molar-refractivity contribution in [1.29, 1.82) is 0 Å². The highest BCUT2D eigenvalue weighted by Gasteiger charge is 2.23. The molecule has 14 heavy (non-hydrogen) atoms. The van der Waals surface area contributed by atoms with E-state index in [1.165, 1.54) is 6.42 Å². The lowest BCUT2D eigenvalue weighted by atomic mass is 10.3. The van der Waals surface area contributed by atoms with Crippen LogP contribution in [0.4, 0.5) is 0 Å². The van der Waals surface area contributed by atoms with E-state index in [-0.39, 0.29) is 0 Å². The Balaban J connectivity index is 4.33. The van der Waals surface area contributed by atoms with Gasteiger partial charge in [-0.25, -0.2) is 0 Å². The van der Waals surface area contributed by atoms with E-state index in [0.717, 1.165) is 6.04 Å². The van der Waals surface area contributed by atoms with Crippen molar-refractivity contribution in [3.8, 4) is 11.8 Å². The van der Waals surface area contributed by atoms with E-state index in [9.17, 15) is 0 Å². The summed E-state index contributed by atoms with van der Waals surface area (Å²) in [5, 5.41) is 0. The maximum Gasteiger partial charge on any atom is 0.0612 e. The van der Waals surface area contributed by atoms with Crippen molar-refractivity contribution >= 4 is 16.1 Å². The maximum absolute atomic E-state index is 3.51. The van der Waals surface area contributed by atoms with Crippen molar-refractivity contribution in [2.45, 2.75) is 64.2 Å². The van der Waals surface area contributed by atoms with Crippen LogP contribution in [0.5, 0.6) is 0 Å². The highest BCUT2D eigenvalue weighted by atomic mass is 28.3. The molecule has 0 spiro atoms. The van der Waals surface area contributed by atoms with Crippen molar-refractivity contribution < 1.29 is 0 Å². The lowest BCUT2D eigenvalue weighted by Gasteiger charge is -2.22. The van der Waals surface area contributed by atoms with Gasteiger partial charge in [0, 0.05) is 11.6 Å². The van der Waals surface area contributed by atoms with Gasteiger partial charge in [-0.1, -0.05) is 46.2 Å². The van der Waals surface area contributed by atoms with Crippen LogP contribution in [0.15, 0.2) is 0 Å². The van der Waals surface area contributed by atoms with E-state index < -0.39 is 16.1 Å². The average Bonchev–Trinajstić information content (AvgIpc) is 1.93. The largest absolute Gasteiger partial charge is 0.106 e. The molecule has 0 N–H and O–H groups in total. The quantitative estimate of drug-likeness (QED) is 0.493. The Labute approximate surface area is 92.5 Å². The average molecular weight is 227 g/mol. The molecule has 0 saturated heterocycles. The summed E-state index contributed by atoms with van der Waals surface area (Å²) < 4.78 is 0. The number of rotatable bonds is 3. The Morgan fingerprint density at radius 3 is 1.79 bits per heavy atom. The predicted molar refractivity (Wildman–Crippen MR) is 73.3 cm³/mol. The monoisotopic (exact) mass is 226 g/mol. The van der Waals surface area contributed by atoms with Crippen LogP contribution >= 0.6 is 0 Å². The van der Waals surface area contributed by atoms with Crippen molar-refractivity contribution in [2.24, 2.45) is 0 Å². The molecule has 0 heterocycles. The molecule has 0 nitrogen and oxygen atoms in total. The third-order valence-corrected chi connectivity index (χ3v) is 6.23. The van der Waals surface area contributed by atoms with Crippen molar-refractivity contribution in [3.63, 3.8) is 0 Å². The summed E-state index contributed by atoms with van der Waals surface area (Å²) >= 11 is 0. The summed E-state index contributed by atoms with van der Waals surface area (Å²) in [6, 6.07) is 1.16. The third kappa shape index (κ3) is 6.45. The fraction of sp³-hybridized carbons (Fsp3) is 0.833. The fourth-order valence-corrected chi connectivity index (χ4v) is 3.76. The zero-order valence-corrected chi connectivity index (χ0v) is 13.0. The fourth-order valence-electron chi connectivity index (χ4n) is 1.37. The van der Waals surface area contributed by atoms with Gasteiger partial charge in [-0.3, -0.25) is 0 Å². The first kappa shape index (κ1) is 14.0. The van der Waals surface area contributed by atoms with Crippen LogP contribution < -0.4 is 0 Å². The second-order valence-corrected chi connectivity index (χ2v) is 17.3. The molecule has 0 rings (SSSR count). The molecule has 0 aromatic rings. The van der Waals surface area contributed by atoms with Gasteiger partial charge in [0.15, 0.2) is 0 Å².